The Labute approximate surface area is 174 Å². The zero-order valence-electron chi connectivity index (χ0n) is 17.2. The van der Waals surface area contributed by atoms with Gasteiger partial charge in [0, 0.05) is 17.6 Å². The fourth-order valence-corrected chi connectivity index (χ4v) is 4.95. The standard InChI is InChI=1S/C22H27F3N4O/c1-28(2)21(16-6-4-3-5-7-16)12-10-20(11-13-21)15-29(19(30)27-20)17-8-9-18(26-14-17)22(23,24)25/h3-9,14,19,27,30H,10-13,15H2,1-2H3/t19?,20-,21+. The van der Waals surface area contributed by atoms with Gasteiger partial charge in [0.2, 0.25) is 0 Å². The number of benzene rings is 1. The van der Waals surface area contributed by atoms with Crippen LogP contribution < -0.4 is 10.2 Å². The number of aliphatic hydroxyl groups is 1. The first-order valence-corrected chi connectivity index (χ1v) is 10.1. The van der Waals surface area contributed by atoms with Crippen molar-refractivity contribution in [2.45, 2.75) is 49.3 Å². The summed E-state index contributed by atoms with van der Waals surface area (Å²) in [7, 11) is 4.20. The van der Waals surface area contributed by atoms with Gasteiger partial charge in [-0.05, 0) is 57.5 Å². The predicted octanol–water partition coefficient (Wildman–Crippen LogP) is 3.56. The SMILES string of the molecule is CN(C)[C@]1(c2ccccc2)CC[C@]2(CC1)CN(c1ccc(C(F)(F)F)nc1)C(O)N2. The molecule has 0 radical (unpaired) electrons. The molecule has 2 heterocycles. The fourth-order valence-electron chi connectivity index (χ4n) is 4.95. The second kappa shape index (κ2) is 7.51. The second-order valence-electron chi connectivity index (χ2n) is 8.62. The molecule has 1 spiro atoms. The molecule has 162 valence electrons. The Morgan fingerprint density at radius 1 is 1.07 bits per heavy atom. The summed E-state index contributed by atoms with van der Waals surface area (Å²) in [4.78, 5) is 7.50. The molecule has 0 amide bonds. The van der Waals surface area contributed by atoms with Crippen molar-refractivity contribution >= 4 is 5.69 Å². The van der Waals surface area contributed by atoms with E-state index in [9.17, 15) is 18.3 Å². The largest absolute Gasteiger partial charge is 0.433 e. The molecule has 1 saturated heterocycles. The van der Waals surface area contributed by atoms with Gasteiger partial charge in [-0.2, -0.15) is 13.2 Å². The molecule has 4 rings (SSSR count). The first-order valence-electron chi connectivity index (χ1n) is 10.1. The number of aliphatic hydroxyl groups excluding tert-OH is 1. The van der Waals surface area contributed by atoms with Gasteiger partial charge in [0.25, 0.3) is 0 Å². The Bertz CT molecular complexity index is 862. The van der Waals surface area contributed by atoms with Crippen LogP contribution in [0.25, 0.3) is 0 Å². The van der Waals surface area contributed by atoms with Gasteiger partial charge in [0.1, 0.15) is 5.69 Å². The lowest BCUT2D eigenvalue weighted by Gasteiger charge is -2.49. The highest BCUT2D eigenvalue weighted by molar-refractivity contribution is 5.47. The van der Waals surface area contributed by atoms with Crippen molar-refractivity contribution in [3.8, 4) is 0 Å². The van der Waals surface area contributed by atoms with Gasteiger partial charge < -0.3 is 10.0 Å². The van der Waals surface area contributed by atoms with Crippen LogP contribution in [-0.4, -0.2) is 47.5 Å². The maximum absolute atomic E-state index is 12.8. The third-order valence-electron chi connectivity index (χ3n) is 6.77. The number of alkyl halides is 3. The van der Waals surface area contributed by atoms with Gasteiger partial charge in [0.15, 0.2) is 6.35 Å². The summed E-state index contributed by atoms with van der Waals surface area (Å²) >= 11 is 0. The molecule has 2 aliphatic rings. The number of pyridine rings is 1. The van der Waals surface area contributed by atoms with E-state index in [4.69, 9.17) is 0 Å². The highest BCUT2D eigenvalue weighted by Crippen LogP contribution is 2.46. The van der Waals surface area contributed by atoms with E-state index in [1.165, 1.54) is 17.8 Å². The number of hydrogen-bond donors (Lipinski definition) is 2. The van der Waals surface area contributed by atoms with Crippen LogP contribution in [0.15, 0.2) is 48.7 Å². The third-order valence-corrected chi connectivity index (χ3v) is 6.77. The minimum Gasteiger partial charge on any atom is -0.361 e. The molecule has 1 aromatic carbocycles. The summed E-state index contributed by atoms with van der Waals surface area (Å²) in [5.41, 5.74) is 0.484. The molecule has 5 nitrogen and oxygen atoms in total. The van der Waals surface area contributed by atoms with Gasteiger partial charge in [-0.3, -0.25) is 10.2 Å². The van der Waals surface area contributed by atoms with Crippen LogP contribution in [0.4, 0.5) is 18.9 Å². The lowest BCUT2D eigenvalue weighted by Crippen LogP contribution is -2.54. The van der Waals surface area contributed by atoms with E-state index in [0.29, 0.717) is 12.2 Å². The molecule has 1 aliphatic carbocycles. The first kappa shape index (κ1) is 21.1. The van der Waals surface area contributed by atoms with E-state index >= 15 is 0 Å². The molecule has 2 fully saturated rings. The smallest absolute Gasteiger partial charge is 0.361 e. The van der Waals surface area contributed by atoms with Crippen LogP contribution in [0.1, 0.15) is 36.9 Å². The Kier molecular flexibility index (Phi) is 5.28. The van der Waals surface area contributed by atoms with E-state index in [2.05, 4.69) is 53.6 Å². The molecular weight excluding hydrogens is 393 g/mol. The quantitative estimate of drug-likeness (QED) is 0.795. The summed E-state index contributed by atoms with van der Waals surface area (Å²) < 4.78 is 38.4. The number of nitrogens with one attached hydrogen (secondary N) is 1. The monoisotopic (exact) mass is 420 g/mol. The molecule has 1 saturated carbocycles. The van der Waals surface area contributed by atoms with Gasteiger partial charge in [-0.1, -0.05) is 30.3 Å². The van der Waals surface area contributed by atoms with Crippen LogP contribution in [0.5, 0.6) is 0 Å². The molecule has 2 N–H and O–H groups in total. The normalized spacial score (nSPS) is 29.7. The first-order chi connectivity index (χ1) is 14.2. The van der Waals surface area contributed by atoms with Crippen molar-refractivity contribution in [2.75, 3.05) is 25.5 Å². The van der Waals surface area contributed by atoms with Gasteiger partial charge in [-0.15, -0.1) is 0 Å². The average Bonchev–Trinajstić information content (AvgIpc) is 3.04. The molecule has 0 bridgehead atoms. The maximum atomic E-state index is 12.8. The van der Waals surface area contributed by atoms with Crippen molar-refractivity contribution in [1.29, 1.82) is 0 Å². The zero-order chi connectivity index (χ0) is 21.6. The highest BCUT2D eigenvalue weighted by atomic mass is 19.4. The summed E-state index contributed by atoms with van der Waals surface area (Å²) in [6.45, 7) is 0.527. The number of nitrogens with zero attached hydrogens (tertiary/aromatic N) is 3. The van der Waals surface area contributed by atoms with Gasteiger partial charge in [0.05, 0.1) is 11.9 Å². The number of rotatable bonds is 3. The second-order valence-corrected chi connectivity index (χ2v) is 8.62. The van der Waals surface area contributed by atoms with Crippen molar-refractivity contribution in [3.63, 3.8) is 0 Å². The van der Waals surface area contributed by atoms with E-state index in [1.54, 1.807) is 4.90 Å². The maximum Gasteiger partial charge on any atom is 0.433 e. The van der Waals surface area contributed by atoms with Crippen LogP contribution in [0, 0.1) is 0 Å². The van der Waals surface area contributed by atoms with Gasteiger partial charge >= 0.3 is 6.18 Å². The molecule has 1 atom stereocenters. The molecule has 1 unspecified atom stereocenters. The fraction of sp³-hybridized carbons (Fsp3) is 0.500. The minimum absolute atomic E-state index is 0.0670. The molecule has 2 aromatic rings. The molecular formula is C22H27F3N4O. The lowest BCUT2D eigenvalue weighted by molar-refractivity contribution is -0.141. The van der Waals surface area contributed by atoms with Crippen molar-refractivity contribution in [2.24, 2.45) is 0 Å². The Morgan fingerprint density at radius 2 is 1.73 bits per heavy atom. The minimum atomic E-state index is -4.47. The Morgan fingerprint density at radius 3 is 2.27 bits per heavy atom. The molecule has 30 heavy (non-hydrogen) atoms. The average molecular weight is 420 g/mol. The topological polar surface area (TPSA) is 51.6 Å². The highest BCUT2D eigenvalue weighted by Gasteiger charge is 2.50. The molecule has 1 aromatic heterocycles. The molecule has 8 heteroatoms. The van der Waals surface area contributed by atoms with Crippen LogP contribution in [0.3, 0.4) is 0 Å². The van der Waals surface area contributed by atoms with Crippen LogP contribution >= 0.6 is 0 Å². The summed E-state index contributed by atoms with van der Waals surface area (Å²) in [5.74, 6) is 0. The Hall–Kier alpha value is -2.16. The predicted molar refractivity (Wildman–Crippen MR) is 109 cm³/mol. The summed E-state index contributed by atoms with van der Waals surface area (Å²) in [5, 5.41) is 13.9. The summed E-state index contributed by atoms with van der Waals surface area (Å²) in [6.07, 6.45) is -0.705. The van der Waals surface area contributed by atoms with Crippen molar-refractivity contribution in [3.05, 3.63) is 59.9 Å². The number of aromatic nitrogens is 1. The number of halogens is 3. The lowest BCUT2D eigenvalue weighted by atomic mass is 9.69. The van der Waals surface area contributed by atoms with Gasteiger partial charge in [-0.25, -0.2) is 4.98 Å². The Balaban J connectivity index is 1.51. The van der Waals surface area contributed by atoms with E-state index in [-0.39, 0.29) is 11.1 Å². The van der Waals surface area contributed by atoms with Crippen molar-refractivity contribution < 1.29 is 18.3 Å². The zero-order valence-corrected chi connectivity index (χ0v) is 17.2. The van der Waals surface area contributed by atoms with E-state index < -0.39 is 18.2 Å². The van der Waals surface area contributed by atoms with Crippen LogP contribution in [-0.2, 0) is 11.7 Å². The number of anilines is 1. The van der Waals surface area contributed by atoms with Crippen molar-refractivity contribution in [1.82, 2.24) is 15.2 Å². The molecule has 1 aliphatic heterocycles. The summed E-state index contributed by atoms with van der Waals surface area (Å²) in [6, 6.07) is 12.8. The van der Waals surface area contributed by atoms with E-state index in [1.807, 2.05) is 6.07 Å². The van der Waals surface area contributed by atoms with Crippen LogP contribution in [0.2, 0.25) is 0 Å². The number of hydrogen-bond acceptors (Lipinski definition) is 5. The third kappa shape index (κ3) is 3.68. The van der Waals surface area contributed by atoms with E-state index in [0.717, 1.165) is 31.7 Å².